The summed E-state index contributed by atoms with van der Waals surface area (Å²) in [7, 11) is -3.12. The van der Waals surface area contributed by atoms with Crippen LogP contribution in [-0.4, -0.2) is 53.4 Å². The minimum atomic E-state index is -3.12. The van der Waals surface area contributed by atoms with E-state index < -0.39 is 15.8 Å². The van der Waals surface area contributed by atoms with E-state index >= 15 is 0 Å². The van der Waals surface area contributed by atoms with Crippen molar-refractivity contribution in [3.05, 3.63) is 29.3 Å². The van der Waals surface area contributed by atoms with Gasteiger partial charge in [-0.3, -0.25) is 9.59 Å². The zero-order chi connectivity index (χ0) is 19.8. The van der Waals surface area contributed by atoms with Crippen LogP contribution >= 0.6 is 11.8 Å². The highest BCUT2D eigenvalue weighted by atomic mass is 32.2. The van der Waals surface area contributed by atoms with Crippen LogP contribution < -0.4 is 4.90 Å². The van der Waals surface area contributed by atoms with E-state index in [4.69, 9.17) is 5.11 Å². The second kappa shape index (κ2) is 7.63. The lowest BCUT2D eigenvalue weighted by Gasteiger charge is -2.27. The van der Waals surface area contributed by atoms with Gasteiger partial charge >= 0.3 is 5.97 Å². The SMILES string of the molecule is Cc1cccc(C)c1N1C(=NC(=O)CCCC(=O)O)S[C@@H]2CS(=O)(=O)C[C@H]21. The van der Waals surface area contributed by atoms with Crippen molar-refractivity contribution in [3.8, 4) is 0 Å². The molecule has 1 amide bonds. The van der Waals surface area contributed by atoms with Crippen LogP contribution in [0.4, 0.5) is 5.69 Å². The van der Waals surface area contributed by atoms with Crippen LogP contribution in [-0.2, 0) is 19.4 Å². The molecular weight excluding hydrogens is 388 g/mol. The van der Waals surface area contributed by atoms with Crippen LogP contribution in [0.1, 0.15) is 30.4 Å². The van der Waals surface area contributed by atoms with Crippen LogP contribution in [0.15, 0.2) is 23.2 Å². The van der Waals surface area contributed by atoms with Gasteiger partial charge in [0.15, 0.2) is 15.0 Å². The first-order chi connectivity index (χ1) is 12.7. The van der Waals surface area contributed by atoms with E-state index in [9.17, 15) is 18.0 Å². The number of nitrogens with zero attached hydrogens (tertiary/aromatic N) is 2. The summed E-state index contributed by atoms with van der Waals surface area (Å²) in [5.74, 6) is -1.19. The average Bonchev–Trinajstić information content (AvgIpc) is 2.99. The van der Waals surface area contributed by atoms with Crippen LogP contribution in [0.3, 0.4) is 0 Å². The van der Waals surface area contributed by atoms with Crippen molar-refractivity contribution in [1.82, 2.24) is 0 Å². The molecule has 146 valence electrons. The molecule has 2 atom stereocenters. The molecule has 0 bridgehead atoms. The number of aliphatic carboxylic acids is 1. The Labute approximate surface area is 162 Å². The summed E-state index contributed by atoms with van der Waals surface area (Å²) < 4.78 is 24.2. The van der Waals surface area contributed by atoms with E-state index in [1.54, 1.807) is 0 Å². The smallest absolute Gasteiger partial charge is 0.303 e. The number of para-hydroxylation sites is 1. The summed E-state index contributed by atoms with van der Waals surface area (Å²) in [4.78, 5) is 29.0. The number of aliphatic imine (C=N–C) groups is 1. The number of hydrogen-bond acceptors (Lipinski definition) is 5. The number of carbonyl (C=O) groups excluding carboxylic acids is 1. The number of amidine groups is 1. The van der Waals surface area contributed by atoms with Gasteiger partial charge in [0, 0.05) is 23.8 Å². The van der Waals surface area contributed by atoms with E-state index in [-0.39, 0.29) is 48.0 Å². The predicted molar refractivity (Wildman–Crippen MR) is 106 cm³/mol. The highest BCUT2D eigenvalue weighted by Crippen LogP contribution is 2.43. The number of anilines is 1. The van der Waals surface area contributed by atoms with E-state index in [0.717, 1.165) is 16.8 Å². The number of fused-ring (bicyclic) bond motifs is 1. The van der Waals surface area contributed by atoms with E-state index in [2.05, 4.69) is 4.99 Å². The minimum Gasteiger partial charge on any atom is -0.481 e. The van der Waals surface area contributed by atoms with Gasteiger partial charge in [-0.05, 0) is 31.4 Å². The van der Waals surface area contributed by atoms with E-state index in [0.29, 0.717) is 5.17 Å². The van der Waals surface area contributed by atoms with Gasteiger partial charge in [-0.25, -0.2) is 8.42 Å². The van der Waals surface area contributed by atoms with Crippen LogP contribution in [0, 0.1) is 13.8 Å². The first-order valence-corrected chi connectivity index (χ1v) is 11.4. The second-order valence-electron chi connectivity index (χ2n) is 6.95. The van der Waals surface area contributed by atoms with Crippen molar-refractivity contribution in [3.63, 3.8) is 0 Å². The largest absolute Gasteiger partial charge is 0.481 e. The molecule has 7 nitrogen and oxygen atoms in total. The Morgan fingerprint density at radius 2 is 1.89 bits per heavy atom. The Morgan fingerprint density at radius 3 is 2.52 bits per heavy atom. The van der Waals surface area contributed by atoms with Crippen molar-refractivity contribution in [2.24, 2.45) is 4.99 Å². The third-order valence-electron chi connectivity index (χ3n) is 4.75. The zero-order valence-corrected chi connectivity index (χ0v) is 16.8. The summed E-state index contributed by atoms with van der Waals surface area (Å²) in [6.07, 6.45) is 0.221. The number of carboxylic acids is 1. The number of hydrogen-bond donors (Lipinski definition) is 1. The fraction of sp³-hybridized carbons (Fsp3) is 0.500. The first-order valence-electron chi connectivity index (χ1n) is 8.74. The molecule has 0 radical (unpaired) electrons. The van der Waals surface area contributed by atoms with Crippen molar-refractivity contribution in [2.75, 3.05) is 16.4 Å². The Morgan fingerprint density at radius 1 is 1.22 bits per heavy atom. The Hall–Kier alpha value is -1.87. The summed E-state index contributed by atoms with van der Waals surface area (Å²) in [5, 5.41) is 9.06. The van der Waals surface area contributed by atoms with Gasteiger partial charge in [-0.2, -0.15) is 4.99 Å². The van der Waals surface area contributed by atoms with Gasteiger partial charge in [0.25, 0.3) is 0 Å². The number of aryl methyl sites for hydroxylation is 2. The monoisotopic (exact) mass is 410 g/mol. The Balaban J connectivity index is 1.92. The fourth-order valence-electron chi connectivity index (χ4n) is 3.57. The van der Waals surface area contributed by atoms with Crippen LogP contribution in [0.5, 0.6) is 0 Å². The molecule has 2 aliphatic rings. The molecule has 2 fully saturated rings. The molecule has 1 aromatic carbocycles. The lowest BCUT2D eigenvalue weighted by Crippen LogP contribution is -2.38. The van der Waals surface area contributed by atoms with Crippen molar-refractivity contribution in [2.45, 2.75) is 44.4 Å². The number of thioether (sulfide) groups is 1. The zero-order valence-electron chi connectivity index (χ0n) is 15.2. The number of carboxylic acid groups (broad SMARTS) is 1. The molecule has 0 aliphatic carbocycles. The molecule has 0 unspecified atom stereocenters. The predicted octanol–water partition coefficient (Wildman–Crippen LogP) is 2.16. The third kappa shape index (κ3) is 4.35. The summed E-state index contributed by atoms with van der Waals surface area (Å²) in [6.45, 7) is 3.91. The quantitative estimate of drug-likeness (QED) is 0.793. The van der Waals surface area contributed by atoms with Gasteiger partial charge in [-0.15, -0.1) is 0 Å². The Kier molecular flexibility index (Phi) is 5.62. The standard InChI is InChI=1S/C18H22N2O5S2/c1-11-5-3-6-12(2)17(11)20-13-9-27(24,25)10-14(13)26-18(20)19-15(21)7-4-8-16(22)23/h3,5-6,13-14H,4,7-10H2,1-2H3,(H,22,23)/t13-,14-/m1/s1. The third-order valence-corrected chi connectivity index (χ3v) is 7.96. The van der Waals surface area contributed by atoms with Gasteiger partial charge in [0.05, 0.1) is 17.5 Å². The highest BCUT2D eigenvalue weighted by molar-refractivity contribution is 8.16. The highest BCUT2D eigenvalue weighted by Gasteiger charge is 2.49. The molecule has 3 rings (SSSR count). The maximum absolute atomic E-state index is 12.2. The fourth-order valence-corrected chi connectivity index (χ4v) is 7.48. The van der Waals surface area contributed by atoms with Crippen molar-refractivity contribution < 1.29 is 23.1 Å². The van der Waals surface area contributed by atoms with Gasteiger partial charge in [0.2, 0.25) is 5.91 Å². The maximum atomic E-state index is 12.2. The van der Waals surface area contributed by atoms with E-state index in [1.165, 1.54) is 11.8 Å². The number of sulfone groups is 1. The second-order valence-corrected chi connectivity index (χ2v) is 10.3. The number of carbonyl (C=O) groups is 2. The number of rotatable bonds is 5. The first kappa shape index (κ1) is 19.9. The molecule has 0 spiro atoms. The van der Waals surface area contributed by atoms with Crippen LogP contribution in [0.25, 0.3) is 0 Å². The lowest BCUT2D eigenvalue weighted by molar-refractivity contribution is -0.137. The molecule has 1 N–H and O–H groups in total. The molecule has 0 aromatic heterocycles. The number of amides is 1. The molecule has 2 saturated heterocycles. The molecular formula is C18H22N2O5S2. The Bertz CT molecular complexity index is 890. The maximum Gasteiger partial charge on any atom is 0.303 e. The minimum absolute atomic E-state index is 0.0463. The summed E-state index contributed by atoms with van der Waals surface area (Å²) >= 11 is 1.33. The molecule has 2 aliphatic heterocycles. The van der Waals surface area contributed by atoms with Crippen LogP contribution in [0.2, 0.25) is 0 Å². The number of benzene rings is 1. The molecule has 2 heterocycles. The average molecular weight is 411 g/mol. The normalized spacial score (nSPS) is 25.0. The lowest BCUT2D eigenvalue weighted by atomic mass is 10.1. The van der Waals surface area contributed by atoms with Crippen molar-refractivity contribution >= 4 is 44.3 Å². The molecule has 1 aromatic rings. The summed E-state index contributed by atoms with van der Waals surface area (Å²) in [6, 6.07) is 5.60. The van der Waals surface area contributed by atoms with Gasteiger partial charge < -0.3 is 10.0 Å². The van der Waals surface area contributed by atoms with E-state index in [1.807, 2.05) is 36.9 Å². The topological polar surface area (TPSA) is 104 Å². The molecule has 0 saturated carbocycles. The molecule has 27 heavy (non-hydrogen) atoms. The van der Waals surface area contributed by atoms with Gasteiger partial charge in [0.1, 0.15) is 0 Å². The molecule has 9 heteroatoms. The summed E-state index contributed by atoms with van der Waals surface area (Å²) in [5.41, 5.74) is 2.88. The van der Waals surface area contributed by atoms with Crippen molar-refractivity contribution in [1.29, 1.82) is 0 Å². The van der Waals surface area contributed by atoms with Gasteiger partial charge in [-0.1, -0.05) is 30.0 Å².